The zero-order chi connectivity index (χ0) is 13.0. The molecule has 0 saturated heterocycles. The molecular weight excluding hydrogens is 224 g/mol. The number of nitriles is 1. The van der Waals surface area contributed by atoms with Crippen LogP contribution in [0.2, 0.25) is 0 Å². The molecule has 18 heavy (non-hydrogen) atoms. The molecule has 0 atom stereocenters. The van der Waals surface area contributed by atoms with Gasteiger partial charge in [0, 0.05) is 5.69 Å². The van der Waals surface area contributed by atoms with Crippen molar-refractivity contribution in [3.63, 3.8) is 0 Å². The molecule has 0 heterocycles. The van der Waals surface area contributed by atoms with Crippen LogP contribution in [0.4, 0.5) is 5.69 Å². The molecule has 0 aliphatic rings. The Labute approximate surface area is 106 Å². The Bertz CT molecular complexity index is 600. The standard InChI is InChI=1S/C15H14N2O/c1-2-11-5-3-4-6-14(11)18-15-8-7-13(17)9-12(15)10-16/h3-9H,2,17H2,1H3. The van der Waals surface area contributed by atoms with E-state index in [1.54, 1.807) is 18.2 Å². The topological polar surface area (TPSA) is 59.0 Å². The molecule has 0 amide bonds. The van der Waals surface area contributed by atoms with E-state index in [1.807, 2.05) is 24.3 Å². The monoisotopic (exact) mass is 238 g/mol. The Balaban J connectivity index is 2.37. The van der Waals surface area contributed by atoms with Gasteiger partial charge in [-0.1, -0.05) is 25.1 Å². The van der Waals surface area contributed by atoms with Gasteiger partial charge in [-0.05, 0) is 36.2 Å². The summed E-state index contributed by atoms with van der Waals surface area (Å²) < 4.78 is 5.80. The van der Waals surface area contributed by atoms with Crippen LogP contribution in [0.3, 0.4) is 0 Å². The van der Waals surface area contributed by atoms with Gasteiger partial charge < -0.3 is 10.5 Å². The minimum atomic E-state index is 0.445. The molecule has 0 bridgehead atoms. The molecule has 0 aliphatic carbocycles. The number of aryl methyl sites for hydroxylation is 1. The molecule has 0 saturated carbocycles. The van der Waals surface area contributed by atoms with Crippen molar-refractivity contribution in [1.82, 2.24) is 0 Å². The maximum atomic E-state index is 9.06. The van der Waals surface area contributed by atoms with Crippen LogP contribution in [-0.4, -0.2) is 0 Å². The molecule has 2 aromatic rings. The number of benzene rings is 2. The Morgan fingerprint density at radius 3 is 2.67 bits per heavy atom. The second-order valence-electron chi connectivity index (χ2n) is 3.93. The molecule has 90 valence electrons. The lowest BCUT2D eigenvalue weighted by Crippen LogP contribution is -1.94. The van der Waals surface area contributed by atoms with E-state index in [2.05, 4.69) is 13.0 Å². The summed E-state index contributed by atoms with van der Waals surface area (Å²) in [6.45, 7) is 2.07. The molecule has 2 aromatic carbocycles. The van der Waals surface area contributed by atoms with Gasteiger partial charge in [0.25, 0.3) is 0 Å². The van der Waals surface area contributed by atoms with Crippen molar-refractivity contribution < 1.29 is 4.74 Å². The van der Waals surface area contributed by atoms with Crippen molar-refractivity contribution in [1.29, 1.82) is 5.26 Å². The van der Waals surface area contributed by atoms with Gasteiger partial charge in [0.2, 0.25) is 0 Å². The quantitative estimate of drug-likeness (QED) is 0.832. The number of nitrogens with two attached hydrogens (primary N) is 1. The average molecular weight is 238 g/mol. The SMILES string of the molecule is CCc1ccccc1Oc1ccc(N)cc1C#N. The van der Waals surface area contributed by atoms with E-state index in [9.17, 15) is 0 Å². The summed E-state index contributed by atoms with van der Waals surface area (Å²) in [6, 6.07) is 15.0. The Morgan fingerprint density at radius 2 is 1.94 bits per heavy atom. The van der Waals surface area contributed by atoms with E-state index < -0.39 is 0 Å². The number of para-hydroxylation sites is 1. The zero-order valence-corrected chi connectivity index (χ0v) is 10.2. The molecule has 0 aliphatic heterocycles. The van der Waals surface area contributed by atoms with E-state index >= 15 is 0 Å². The third kappa shape index (κ3) is 2.44. The van der Waals surface area contributed by atoms with Crippen molar-refractivity contribution in [3.8, 4) is 17.6 Å². The molecule has 2 N–H and O–H groups in total. The van der Waals surface area contributed by atoms with Gasteiger partial charge in [0.1, 0.15) is 17.6 Å². The predicted molar refractivity (Wildman–Crippen MR) is 71.5 cm³/mol. The summed E-state index contributed by atoms with van der Waals surface area (Å²) in [4.78, 5) is 0. The van der Waals surface area contributed by atoms with Gasteiger partial charge >= 0.3 is 0 Å². The summed E-state index contributed by atoms with van der Waals surface area (Å²) in [5, 5.41) is 9.06. The molecule has 0 radical (unpaired) electrons. The average Bonchev–Trinajstić information content (AvgIpc) is 2.41. The Morgan fingerprint density at radius 1 is 1.17 bits per heavy atom. The normalized spacial score (nSPS) is 9.78. The van der Waals surface area contributed by atoms with E-state index in [4.69, 9.17) is 15.7 Å². The molecule has 0 unspecified atom stereocenters. The zero-order valence-electron chi connectivity index (χ0n) is 10.2. The first kappa shape index (κ1) is 12.0. The second kappa shape index (κ2) is 5.24. The number of hydrogen-bond acceptors (Lipinski definition) is 3. The minimum Gasteiger partial charge on any atom is -0.456 e. The third-order valence-corrected chi connectivity index (χ3v) is 2.70. The van der Waals surface area contributed by atoms with Gasteiger partial charge in [0.15, 0.2) is 0 Å². The molecule has 3 heteroatoms. The van der Waals surface area contributed by atoms with Gasteiger partial charge in [-0.15, -0.1) is 0 Å². The van der Waals surface area contributed by atoms with Crippen molar-refractivity contribution in [2.24, 2.45) is 0 Å². The van der Waals surface area contributed by atoms with Crippen molar-refractivity contribution in [3.05, 3.63) is 53.6 Å². The first-order chi connectivity index (χ1) is 8.74. The fraction of sp³-hybridized carbons (Fsp3) is 0.133. The van der Waals surface area contributed by atoms with Crippen LogP contribution in [0.15, 0.2) is 42.5 Å². The molecule has 2 rings (SSSR count). The lowest BCUT2D eigenvalue weighted by molar-refractivity contribution is 0.475. The highest BCUT2D eigenvalue weighted by Gasteiger charge is 2.07. The van der Waals surface area contributed by atoms with Gasteiger partial charge in [-0.25, -0.2) is 0 Å². The van der Waals surface area contributed by atoms with E-state index in [1.165, 1.54) is 0 Å². The number of ether oxygens (including phenoxy) is 1. The van der Waals surface area contributed by atoms with E-state index in [0.29, 0.717) is 17.0 Å². The predicted octanol–water partition coefficient (Wildman–Crippen LogP) is 3.50. The number of anilines is 1. The van der Waals surface area contributed by atoms with Crippen molar-refractivity contribution in [2.45, 2.75) is 13.3 Å². The van der Waals surface area contributed by atoms with Crippen LogP contribution >= 0.6 is 0 Å². The van der Waals surface area contributed by atoms with E-state index in [-0.39, 0.29) is 0 Å². The maximum Gasteiger partial charge on any atom is 0.145 e. The summed E-state index contributed by atoms with van der Waals surface area (Å²) >= 11 is 0. The van der Waals surface area contributed by atoms with E-state index in [0.717, 1.165) is 17.7 Å². The molecule has 0 aromatic heterocycles. The summed E-state index contributed by atoms with van der Waals surface area (Å²) in [6.07, 6.45) is 0.882. The highest BCUT2D eigenvalue weighted by atomic mass is 16.5. The summed E-state index contributed by atoms with van der Waals surface area (Å²) in [5.41, 5.74) is 7.76. The fourth-order valence-corrected chi connectivity index (χ4v) is 1.74. The molecule has 3 nitrogen and oxygen atoms in total. The van der Waals surface area contributed by atoms with Gasteiger partial charge in [-0.2, -0.15) is 5.26 Å². The largest absolute Gasteiger partial charge is 0.456 e. The number of nitrogens with zero attached hydrogens (tertiary/aromatic N) is 1. The highest BCUT2D eigenvalue weighted by Crippen LogP contribution is 2.29. The van der Waals surface area contributed by atoms with Gasteiger partial charge in [-0.3, -0.25) is 0 Å². The fourth-order valence-electron chi connectivity index (χ4n) is 1.74. The molecule has 0 spiro atoms. The summed E-state index contributed by atoms with van der Waals surface area (Å²) in [5.74, 6) is 1.31. The number of hydrogen-bond donors (Lipinski definition) is 1. The minimum absolute atomic E-state index is 0.445. The lowest BCUT2D eigenvalue weighted by Gasteiger charge is -2.11. The van der Waals surface area contributed by atoms with Crippen LogP contribution in [0.25, 0.3) is 0 Å². The first-order valence-corrected chi connectivity index (χ1v) is 5.80. The Kier molecular flexibility index (Phi) is 3.49. The van der Waals surface area contributed by atoms with Crippen LogP contribution in [0, 0.1) is 11.3 Å². The van der Waals surface area contributed by atoms with Crippen molar-refractivity contribution >= 4 is 5.69 Å². The lowest BCUT2D eigenvalue weighted by atomic mass is 10.1. The number of nitrogen functional groups attached to an aromatic ring is 1. The third-order valence-electron chi connectivity index (χ3n) is 2.70. The van der Waals surface area contributed by atoms with Crippen LogP contribution in [0.5, 0.6) is 11.5 Å². The van der Waals surface area contributed by atoms with Crippen molar-refractivity contribution in [2.75, 3.05) is 5.73 Å². The number of rotatable bonds is 3. The second-order valence-corrected chi connectivity index (χ2v) is 3.93. The highest BCUT2D eigenvalue weighted by molar-refractivity contribution is 5.54. The van der Waals surface area contributed by atoms with Crippen LogP contribution < -0.4 is 10.5 Å². The Hall–Kier alpha value is -2.47. The maximum absolute atomic E-state index is 9.06. The smallest absolute Gasteiger partial charge is 0.145 e. The van der Waals surface area contributed by atoms with Crippen LogP contribution in [0.1, 0.15) is 18.1 Å². The first-order valence-electron chi connectivity index (χ1n) is 5.80. The van der Waals surface area contributed by atoms with Crippen LogP contribution in [-0.2, 0) is 6.42 Å². The molecular formula is C15H14N2O. The van der Waals surface area contributed by atoms with Gasteiger partial charge in [0.05, 0.1) is 5.56 Å². The summed E-state index contributed by atoms with van der Waals surface area (Å²) in [7, 11) is 0. The molecule has 0 fully saturated rings.